The van der Waals surface area contributed by atoms with Gasteiger partial charge in [0, 0.05) is 0 Å². The van der Waals surface area contributed by atoms with E-state index in [-0.39, 0.29) is 4.75 Å². The summed E-state index contributed by atoms with van der Waals surface area (Å²) in [5, 5.41) is 0. The van der Waals surface area contributed by atoms with Gasteiger partial charge in [-0.2, -0.15) is 0 Å². The van der Waals surface area contributed by atoms with Crippen LogP contribution < -0.4 is 0 Å². The lowest BCUT2D eigenvalue weighted by atomic mass is 10.2. The third-order valence-corrected chi connectivity index (χ3v) is 3.87. The molecule has 1 unspecified atom stereocenters. The van der Waals surface area contributed by atoms with Crippen LogP contribution in [0.15, 0.2) is 15.2 Å². The Bertz CT molecular complexity index is 443. The largest absolute Gasteiger partial charge is 0.591 e. The molecule has 4 nitrogen and oxygen atoms in total. The minimum Gasteiger partial charge on any atom is -0.591 e. The molecule has 0 saturated heterocycles. The summed E-state index contributed by atoms with van der Waals surface area (Å²) >= 11 is 1.98. The van der Waals surface area contributed by atoms with Crippen LogP contribution in [0.4, 0.5) is 0 Å². The summed E-state index contributed by atoms with van der Waals surface area (Å²) in [6, 6.07) is 0. The van der Waals surface area contributed by atoms with E-state index >= 15 is 0 Å². The molecular weight excluding hydrogens is 302 g/mol. The Hall–Kier alpha value is -0.460. The molecule has 0 aliphatic carbocycles. The Morgan fingerprint density at radius 1 is 1.47 bits per heavy atom. The predicted octanol–water partition coefficient (Wildman–Crippen LogP) is 2.82. The zero-order chi connectivity index (χ0) is 13.2. The molecule has 0 saturated carbocycles. The molecule has 0 spiro atoms. The highest BCUT2D eigenvalue weighted by Crippen LogP contribution is 2.18. The van der Waals surface area contributed by atoms with Crippen molar-refractivity contribution in [1.82, 2.24) is 9.97 Å². The van der Waals surface area contributed by atoms with Gasteiger partial charge in [0.15, 0.2) is 0 Å². The fraction of sp³-hybridized carbons (Fsp3) is 0.545. The second-order valence-electron chi connectivity index (χ2n) is 4.66. The van der Waals surface area contributed by atoms with Crippen LogP contribution in [0.3, 0.4) is 0 Å². The molecule has 1 aromatic heterocycles. The Kier molecular flexibility index (Phi) is 4.69. The van der Waals surface area contributed by atoms with Crippen LogP contribution in [0.2, 0.25) is 0 Å². The molecule has 0 aliphatic rings. The summed E-state index contributed by atoms with van der Waals surface area (Å²) in [7, 11) is 0. The molecule has 0 N–H and O–H groups in total. The predicted molar refractivity (Wildman–Crippen MR) is 74.6 cm³/mol. The van der Waals surface area contributed by atoms with Crippen molar-refractivity contribution in [2.45, 2.75) is 39.4 Å². The zero-order valence-corrected chi connectivity index (χ0v) is 13.0. The molecule has 1 rings (SSSR count). The van der Waals surface area contributed by atoms with Crippen molar-refractivity contribution in [3.8, 4) is 0 Å². The molecule has 1 heterocycles. The highest BCUT2D eigenvalue weighted by molar-refractivity contribution is 9.10. The maximum absolute atomic E-state index is 11.9. The van der Waals surface area contributed by atoms with Gasteiger partial charge in [0.25, 0.3) is 0 Å². The fourth-order valence-corrected chi connectivity index (χ4v) is 2.09. The van der Waals surface area contributed by atoms with Gasteiger partial charge in [0.2, 0.25) is 0 Å². The second kappa shape index (κ2) is 5.46. The van der Waals surface area contributed by atoms with E-state index in [1.54, 1.807) is 13.1 Å². The van der Waals surface area contributed by atoms with Crippen molar-refractivity contribution in [2.75, 3.05) is 0 Å². The highest BCUT2D eigenvalue weighted by Gasteiger charge is 2.27. The molecule has 1 atom stereocenters. The minimum atomic E-state index is -1.27. The van der Waals surface area contributed by atoms with E-state index in [2.05, 4.69) is 30.3 Å². The average Bonchev–Trinajstić information content (AvgIpc) is 2.15. The molecule has 0 amide bonds. The first-order chi connectivity index (χ1) is 7.71. The van der Waals surface area contributed by atoms with Crippen molar-refractivity contribution < 1.29 is 4.55 Å². The third-order valence-electron chi connectivity index (χ3n) is 2.00. The Morgan fingerprint density at radius 3 is 2.53 bits per heavy atom. The molecule has 0 aliphatic heterocycles. The van der Waals surface area contributed by atoms with Crippen LogP contribution in [0.25, 0.3) is 0 Å². The lowest BCUT2D eigenvalue weighted by Crippen LogP contribution is -2.27. The molecule has 17 heavy (non-hydrogen) atoms. The fourth-order valence-electron chi connectivity index (χ4n) is 1.11. The monoisotopic (exact) mass is 317 g/mol. The number of hydrogen-bond donors (Lipinski definition) is 0. The van der Waals surface area contributed by atoms with E-state index in [1.807, 2.05) is 27.7 Å². The van der Waals surface area contributed by atoms with Crippen LogP contribution >= 0.6 is 15.9 Å². The molecule has 94 valence electrons. The second-order valence-corrected chi connectivity index (χ2v) is 7.38. The lowest BCUT2D eigenvalue weighted by molar-refractivity contribution is 0.561. The van der Waals surface area contributed by atoms with Gasteiger partial charge in [-0.15, -0.1) is 0 Å². The Balaban J connectivity index is 3.04. The summed E-state index contributed by atoms with van der Waals surface area (Å²) in [5.41, 5.74) is 2.10. The van der Waals surface area contributed by atoms with Gasteiger partial charge in [-0.1, -0.05) is 4.40 Å². The number of aryl methyl sites for hydroxylation is 1. The Morgan fingerprint density at radius 2 is 2.06 bits per heavy atom. The molecule has 0 bridgehead atoms. The first-order valence-corrected chi connectivity index (χ1v) is 7.08. The van der Waals surface area contributed by atoms with E-state index < -0.39 is 11.4 Å². The van der Waals surface area contributed by atoms with E-state index in [9.17, 15) is 4.55 Å². The highest BCUT2D eigenvalue weighted by atomic mass is 79.9. The van der Waals surface area contributed by atoms with Crippen molar-refractivity contribution in [3.05, 3.63) is 22.2 Å². The summed E-state index contributed by atoms with van der Waals surface area (Å²) < 4.78 is 16.4. The molecule has 0 radical (unpaired) electrons. The van der Waals surface area contributed by atoms with Crippen LogP contribution in [0, 0.1) is 6.92 Å². The van der Waals surface area contributed by atoms with Crippen molar-refractivity contribution in [3.63, 3.8) is 0 Å². The molecule has 0 aromatic carbocycles. The van der Waals surface area contributed by atoms with Crippen molar-refractivity contribution in [1.29, 1.82) is 0 Å². The molecule has 6 heteroatoms. The molecule has 1 aromatic rings. The number of halogens is 1. The summed E-state index contributed by atoms with van der Waals surface area (Å²) in [4.78, 5) is 8.48. The first-order valence-electron chi connectivity index (χ1n) is 5.18. The number of hydrogen-bond acceptors (Lipinski definition) is 4. The van der Waals surface area contributed by atoms with E-state index in [4.69, 9.17) is 0 Å². The normalized spacial score (nSPS) is 14.9. The van der Waals surface area contributed by atoms with Crippen LogP contribution in [0.5, 0.6) is 0 Å². The molecule has 0 fully saturated rings. The van der Waals surface area contributed by atoms with Crippen LogP contribution in [0.1, 0.15) is 39.1 Å². The number of nitrogens with zero attached hydrogens (tertiary/aromatic N) is 3. The van der Waals surface area contributed by atoms with E-state index in [0.717, 1.165) is 5.69 Å². The summed E-state index contributed by atoms with van der Waals surface area (Å²) in [6.45, 7) is 9.32. The molecular formula is C11H16BrN3OS. The summed E-state index contributed by atoms with van der Waals surface area (Å²) in [5.74, 6) is 0. The van der Waals surface area contributed by atoms with Crippen LogP contribution in [-0.2, 0) is 11.4 Å². The minimum absolute atomic E-state index is 0.363. The van der Waals surface area contributed by atoms with Crippen molar-refractivity contribution >= 4 is 33.0 Å². The maximum Gasteiger partial charge on any atom is 0.144 e. The average molecular weight is 318 g/mol. The van der Waals surface area contributed by atoms with Gasteiger partial charge in [-0.3, -0.25) is 4.98 Å². The van der Waals surface area contributed by atoms with Gasteiger partial charge in [-0.05, 0) is 50.5 Å². The van der Waals surface area contributed by atoms with Gasteiger partial charge < -0.3 is 4.55 Å². The lowest BCUT2D eigenvalue weighted by Gasteiger charge is -2.18. The van der Waals surface area contributed by atoms with E-state index in [0.29, 0.717) is 16.0 Å². The maximum atomic E-state index is 11.9. The van der Waals surface area contributed by atoms with Gasteiger partial charge in [0.1, 0.15) is 32.1 Å². The first kappa shape index (κ1) is 14.6. The Labute approximate surface area is 113 Å². The third kappa shape index (κ3) is 4.04. The van der Waals surface area contributed by atoms with Gasteiger partial charge >= 0.3 is 0 Å². The van der Waals surface area contributed by atoms with Gasteiger partial charge in [-0.25, -0.2) is 4.98 Å². The number of rotatable bonds is 2. The zero-order valence-electron chi connectivity index (χ0n) is 10.6. The number of aromatic nitrogens is 2. The standard InChI is InChI=1S/C11H16BrN3OS/c1-7-10(13-6-9(12)14-7)8(2)15-17(16)11(3,4)5/h6H,1-5H3/b15-8-. The van der Waals surface area contributed by atoms with Gasteiger partial charge in [0.05, 0.1) is 11.9 Å². The quantitative estimate of drug-likeness (QED) is 0.622. The smallest absolute Gasteiger partial charge is 0.144 e. The van der Waals surface area contributed by atoms with E-state index in [1.165, 1.54) is 0 Å². The topological polar surface area (TPSA) is 61.2 Å². The van der Waals surface area contributed by atoms with Crippen LogP contribution in [-0.4, -0.2) is 25.0 Å². The summed E-state index contributed by atoms with van der Waals surface area (Å²) in [6.07, 6.45) is 1.61. The SMILES string of the molecule is C/C(=N/[S+]([O-])C(C)(C)C)c1ncc(Br)nc1C. The van der Waals surface area contributed by atoms with Crippen molar-refractivity contribution in [2.24, 2.45) is 4.40 Å².